The van der Waals surface area contributed by atoms with E-state index in [2.05, 4.69) is 15.9 Å². The van der Waals surface area contributed by atoms with Crippen LogP contribution in [0.3, 0.4) is 0 Å². The summed E-state index contributed by atoms with van der Waals surface area (Å²) >= 11 is 5.07. The summed E-state index contributed by atoms with van der Waals surface area (Å²) in [5, 5.41) is 9.10. The number of nitrogens with two attached hydrogens (primary N) is 1. The first kappa shape index (κ1) is 11.9. The second kappa shape index (κ2) is 5.63. The lowest BCUT2D eigenvalue weighted by molar-refractivity contribution is 0.192. The van der Waals surface area contributed by atoms with E-state index < -0.39 is 0 Å². The van der Waals surface area contributed by atoms with E-state index in [-0.39, 0.29) is 6.10 Å². The number of aliphatic hydroxyl groups is 1. The zero-order valence-corrected chi connectivity index (χ0v) is 10.4. The number of hydrogen-bond acceptors (Lipinski definition) is 3. The minimum absolute atomic E-state index is 0.240. The highest BCUT2D eigenvalue weighted by atomic mass is 79.9. The molecule has 0 fully saturated rings. The third kappa shape index (κ3) is 3.90. The van der Waals surface area contributed by atoms with Gasteiger partial charge in [-0.3, -0.25) is 0 Å². The molecule has 0 amide bonds. The van der Waals surface area contributed by atoms with Crippen molar-refractivity contribution in [3.05, 3.63) is 22.7 Å². The van der Waals surface area contributed by atoms with Gasteiger partial charge in [0.1, 0.15) is 0 Å². The van der Waals surface area contributed by atoms with E-state index in [0.717, 1.165) is 27.2 Å². The normalized spacial score (nSPS) is 12.8. The topological polar surface area (TPSA) is 46.2 Å². The molecule has 0 aliphatic heterocycles. The van der Waals surface area contributed by atoms with E-state index in [1.165, 1.54) is 0 Å². The summed E-state index contributed by atoms with van der Waals surface area (Å²) in [6.07, 6.45) is 0.548. The molecule has 0 radical (unpaired) electrons. The lowest BCUT2D eigenvalue weighted by Crippen LogP contribution is -2.00. The maximum atomic E-state index is 9.10. The molecule has 0 aromatic heterocycles. The summed E-state index contributed by atoms with van der Waals surface area (Å²) in [6, 6.07) is 5.81. The number of rotatable bonds is 4. The van der Waals surface area contributed by atoms with Gasteiger partial charge in [-0.15, -0.1) is 11.8 Å². The summed E-state index contributed by atoms with van der Waals surface area (Å²) in [7, 11) is 0. The molecule has 0 spiro atoms. The summed E-state index contributed by atoms with van der Waals surface area (Å²) in [6.45, 7) is 1.80. The van der Waals surface area contributed by atoms with Gasteiger partial charge in [0.15, 0.2) is 0 Å². The van der Waals surface area contributed by atoms with Crippen LogP contribution < -0.4 is 5.73 Å². The molecule has 1 rings (SSSR count). The zero-order valence-electron chi connectivity index (χ0n) is 8.03. The van der Waals surface area contributed by atoms with Gasteiger partial charge in [0.05, 0.1) is 6.10 Å². The summed E-state index contributed by atoms with van der Waals surface area (Å²) in [5.74, 6) is 0.887. The number of aliphatic hydroxyl groups excluding tert-OH is 1. The highest BCUT2D eigenvalue weighted by Gasteiger charge is 2.02. The van der Waals surface area contributed by atoms with E-state index in [9.17, 15) is 0 Å². The maximum absolute atomic E-state index is 9.10. The van der Waals surface area contributed by atoms with Gasteiger partial charge in [0.2, 0.25) is 0 Å². The first-order valence-corrected chi connectivity index (χ1v) is 6.23. The van der Waals surface area contributed by atoms with Crippen molar-refractivity contribution in [2.75, 3.05) is 11.5 Å². The highest BCUT2D eigenvalue weighted by molar-refractivity contribution is 9.10. The second-order valence-corrected chi connectivity index (χ2v) is 5.22. The Kier molecular flexibility index (Phi) is 4.78. The summed E-state index contributed by atoms with van der Waals surface area (Å²) in [5.41, 5.74) is 6.60. The first-order chi connectivity index (χ1) is 6.59. The monoisotopic (exact) mass is 275 g/mol. The molecule has 0 bridgehead atoms. The molecular weight excluding hydrogens is 262 g/mol. The number of halogens is 1. The van der Waals surface area contributed by atoms with Gasteiger partial charge in [-0.05, 0) is 31.5 Å². The molecule has 0 saturated heterocycles. The number of nitrogen functional groups attached to an aromatic ring is 1. The molecule has 1 atom stereocenters. The number of thioether (sulfide) groups is 1. The molecule has 0 aliphatic carbocycles. The van der Waals surface area contributed by atoms with Gasteiger partial charge < -0.3 is 10.8 Å². The van der Waals surface area contributed by atoms with Gasteiger partial charge >= 0.3 is 0 Å². The number of hydrogen-bond donors (Lipinski definition) is 2. The molecule has 14 heavy (non-hydrogen) atoms. The van der Waals surface area contributed by atoms with Crippen LogP contribution in [-0.4, -0.2) is 17.0 Å². The summed E-state index contributed by atoms with van der Waals surface area (Å²) in [4.78, 5) is 1.07. The van der Waals surface area contributed by atoms with Crippen LogP contribution in [0.5, 0.6) is 0 Å². The van der Waals surface area contributed by atoms with E-state index in [0.29, 0.717) is 0 Å². The Labute approximate surface area is 97.0 Å². The Bertz CT molecular complexity index is 304. The third-order valence-electron chi connectivity index (χ3n) is 1.77. The lowest BCUT2D eigenvalue weighted by Gasteiger charge is -2.06. The Morgan fingerprint density at radius 3 is 2.93 bits per heavy atom. The average Bonchev–Trinajstić information content (AvgIpc) is 2.10. The maximum Gasteiger partial charge on any atom is 0.0520 e. The van der Waals surface area contributed by atoms with Crippen LogP contribution in [0.25, 0.3) is 0 Å². The Hall–Kier alpha value is -0.190. The predicted molar refractivity (Wildman–Crippen MR) is 65.6 cm³/mol. The van der Waals surface area contributed by atoms with Gasteiger partial charge in [-0.25, -0.2) is 0 Å². The number of anilines is 1. The van der Waals surface area contributed by atoms with Crippen molar-refractivity contribution < 1.29 is 5.11 Å². The quantitative estimate of drug-likeness (QED) is 0.656. The zero-order chi connectivity index (χ0) is 10.6. The van der Waals surface area contributed by atoms with Gasteiger partial charge in [0, 0.05) is 20.8 Å². The van der Waals surface area contributed by atoms with Crippen molar-refractivity contribution in [1.29, 1.82) is 0 Å². The fourth-order valence-corrected chi connectivity index (χ4v) is 2.61. The smallest absolute Gasteiger partial charge is 0.0520 e. The van der Waals surface area contributed by atoms with Crippen molar-refractivity contribution in [2.45, 2.75) is 24.3 Å². The van der Waals surface area contributed by atoms with Gasteiger partial charge in [-0.2, -0.15) is 0 Å². The van der Waals surface area contributed by atoms with Crippen LogP contribution in [0.1, 0.15) is 13.3 Å². The molecule has 1 aromatic rings. The van der Waals surface area contributed by atoms with Gasteiger partial charge in [0.25, 0.3) is 0 Å². The molecule has 78 valence electrons. The van der Waals surface area contributed by atoms with Crippen molar-refractivity contribution >= 4 is 33.4 Å². The van der Waals surface area contributed by atoms with Crippen LogP contribution >= 0.6 is 27.7 Å². The van der Waals surface area contributed by atoms with E-state index in [1.807, 2.05) is 18.2 Å². The largest absolute Gasteiger partial charge is 0.398 e. The molecule has 0 aliphatic rings. The molecule has 3 N–H and O–H groups in total. The first-order valence-electron chi connectivity index (χ1n) is 4.45. The Morgan fingerprint density at radius 1 is 1.57 bits per heavy atom. The van der Waals surface area contributed by atoms with Crippen molar-refractivity contribution in [2.24, 2.45) is 0 Å². The molecule has 0 saturated carbocycles. The van der Waals surface area contributed by atoms with Gasteiger partial charge in [-0.1, -0.05) is 15.9 Å². The highest BCUT2D eigenvalue weighted by Crippen LogP contribution is 2.28. The molecular formula is C10H14BrNOS. The van der Waals surface area contributed by atoms with E-state index in [4.69, 9.17) is 10.8 Å². The molecule has 1 aromatic carbocycles. The van der Waals surface area contributed by atoms with Crippen molar-refractivity contribution in [1.82, 2.24) is 0 Å². The molecule has 0 heterocycles. The van der Waals surface area contributed by atoms with E-state index in [1.54, 1.807) is 18.7 Å². The fraction of sp³-hybridized carbons (Fsp3) is 0.400. The number of benzene rings is 1. The summed E-state index contributed by atoms with van der Waals surface area (Å²) < 4.78 is 1.03. The van der Waals surface area contributed by atoms with Crippen LogP contribution in [0.4, 0.5) is 5.69 Å². The average molecular weight is 276 g/mol. The Morgan fingerprint density at radius 2 is 2.29 bits per heavy atom. The third-order valence-corrected chi connectivity index (χ3v) is 3.37. The minimum Gasteiger partial charge on any atom is -0.398 e. The SMILES string of the molecule is CC(O)CCSc1cc(Br)ccc1N. The Balaban J connectivity index is 2.53. The van der Waals surface area contributed by atoms with Crippen molar-refractivity contribution in [3.8, 4) is 0 Å². The second-order valence-electron chi connectivity index (χ2n) is 3.17. The standard InChI is InChI=1S/C10H14BrNOS/c1-7(13)4-5-14-10-6-8(11)2-3-9(10)12/h2-3,6-7,13H,4-5,12H2,1H3. The van der Waals surface area contributed by atoms with Crippen LogP contribution in [0.2, 0.25) is 0 Å². The molecule has 2 nitrogen and oxygen atoms in total. The van der Waals surface area contributed by atoms with Crippen LogP contribution in [0.15, 0.2) is 27.6 Å². The van der Waals surface area contributed by atoms with E-state index >= 15 is 0 Å². The van der Waals surface area contributed by atoms with Crippen molar-refractivity contribution in [3.63, 3.8) is 0 Å². The lowest BCUT2D eigenvalue weighted by atomic mass is 10.3. The predicted octanol–water partition coefficient (Wildman–Crippen LogP) is 2.89. The minimum atomic E-state index is -0.240. The fourth-order valence-electron chi connectivity index (χ4n) is 0.973. The van der Waals surface area contributed by atoms with Crippen LogP contribution in [0, 0.1) is 0 Å². The van der Waals surface area contributed by atoms with Crippen LogP contribution in [-0.2, 0) is 0 Å². The molecule has 4 heteroatoms. The molecule has 1 unspecified atom stereocenters.